The first kappa shape index (κ1) is 19.7. The summed E-state index contributed by atoms with van der Waals surface area (Å²) in [5.41, 5.74) is 0. The quantitative estimate of drug-likeness (QED) is 0.355. The maximum absolute atomic E-state index is 12.2. The molecular weight excluding hydrogens is 300 g/mol. The van der Waals surface area contributed by atoms with Crippen LogP contribution < -0.4 is 0 Å². The van der Waals surface area contributed by atoms with Crippen LogP contribution in [-0.4, -0.2) is 74.5 Å². The Kier molecular flexibility index (Phi) is 6.71. The van der Waals surface area contributed by atoms with Crippen molar-refractivity contribution in [2.24, 2.45) is 0 Å². The van der Waals surface area contributed by atoms with E-state index >= 15 is 0 Å². The summed E-state index contributed by atoms with van der Waals surface area (Å²) in [5, 5.41) is 32.3. The topological polar surface area (TPSA) is 149 Å². The van der Waals surface area contributed by atoms with E-state index in [1.54, 1.807) is 0 Å². The van der Waals surface area contributed by atoms with Gasteiger partial charge in [0.2, 0.25) is 0 Å². The van der Waals surface area contributed by atoms with Crippen molar-refractivity contribution in [3.05, 3.63) is 0 Å². The van der Waals surface area contributed by atoms with E-state index in [1.807, 2.05) is 0 Å². The molecule has 0 bridgehead atoms. The van der Waals surface area contributed by atoms with Gasteiger partial charge in [0.25, 0.3) is 0 Å². The lowest BCUT2D eigenvalue weighted by atomic mass is 10.4. The third kappa shape index (κ3) is 3.50. The van der Waals surface area contributed by atoms with E-state index in [-0.39, 0.29) is 0 Å². The molecule has 0 fully saturated rings. The molecule has 0 radical (unpaired) electrons. The summed E-state index contributed by atoms with van der Waals surface area (Å²) in [4.78, 5) is 48.9. The molecule has 0 spiro atoms. The molecule has 0 aliphatic carbocycles. The Morgan fingerprint density at radius 1 is 0.571 bits per heavy atom. The predicted molar refractivity (Wildman–Crippen MR) is 72.5 cm³/mol. The molecule has 0 amide bonds. The van der Waals surface area contributed by atoms with E-state index in [2.05, 4.69) is 0 Å². The fourth-order valence-corrected chi connectivity index (χ4v) is 5.95. The second kappa shape index (κ2) is 7.14. The number of aliphatic hydroxyl groups is 4. The van der Waals surface area contributed by atoms with Crippen molar-refractivity contribution < 1.29 is 39.6 Å². The van der Waals surface area contributed by atoms with Gasteiger partial charge in [-0.3, -0.25) is 0 Å². The predicted octanol–water partition coefficient (Wildman–Crippen LogP) is -2.61. The third-order valence-electron chi connectivity index (χ3n) is 3.00. The van der Waals surface area contributed by atoms with Crippen LogP contribution in [0.25, 0.3) is 0 Å². The lowest BCUT2D eigenvalue weighted by Crippen LogP contribution is -2.73. The van der Waals surface area contributed by atoms with Crippen molar-refractivity contribution in [2.45, 2.75) is 52.1 Å². The van der Waals surface area contributed by atoms with Crippen LogP contribution in [0, 0.1) is 0 Å². The number of aliphatic hydroxyl groups excluding tert-OH is 4. The molecule has 0 rings (SSSR count). The van der Waals surface area contributed by atoms with Crippen LogP contribution in [0.3, 0.4) is 0 Å². The zero-order chi connectivity index (χ0) is 17.1. The number of hydrogen-bond donors (Lipinski definition) is 4. The van der Waals surface area contributed by atoms with Gasteiger partial charge < -0.3 is 39.6 Å². The van der Waals surface area contributed by atoms with Gasteiger partial charge >= 0.3 is 8.07 Å². The van der Waals surface area contributed by atoms with E-state index in [0.717, 1.165) is 27.7 Å². The Bertz CT molecular complexity index is 367. The van der Waals surface area contributed by atoms with Crippen LogP contribution in [0.4, 0.5) is 0 Å². The average molecular weight is 320 g/mol. The van der Waals surface area contributed by atoms with E-state index in [9.17, 15) is 39.6 Å². The molecule has 0 aliphatic rings. The third-order valence-corrected chi connectivity index (χ3v) is 7.62. The molecule has 0 heterocycles. The monoisotopic (exact) mass is 320 g/mol. The van der Waals surface area contributed by atoms with Gasteiger partial charge in [-0.25, -0.2) is 0 Å². The van der Waals surface area contributed by atoms with Crippen LogP contribution in [0.15, 0.2) is 0 Å². The molecule has 0 saturated heterocycles. The molecule has 0 aromatic heterocycles. The average Bonchev–Trinajstić information content (AvgIpc) is 2.37. The highest BCUT2D eigenvalue weighted by Gasteiger charge is 2.65. The van der Waals surface area contributed by atoms with E-state index < -0.39 is 54.1 Å². The Labute approximate surface area is 122 Å². The van der Waals surface area contributed by atoms with Gasteiger partial charge in [-0.15, -0.1) is 0 Å². The van der Waals surface area contributed by atoms with E-state index in [1.165, 1.54) is 0 Å². The van der Waals surface area contributed by atoms with Crippen LogP contribution in [0.1, 0.15) is 27.7 Å². The minimum absolute atomic E-state index is 0.962. The second-order valence-corrected chi connectivity index (χ2v) is 8.38. The molecule has 4 N–H and O–H groups in total. The van der Waals surface area contributed by atoms with Gasteiger partial charge in [0.05, 0.1) is 0 Å². The molecule has 4 atom stereocenters. The molecule has 0 saturated carbocycles. The zero-order valence-electron chi connectivity index (χ0n) is 12.2. The van der Waals surface area contributed by atoms with Gasteiger partial charge in [-0.1, -0.05) is 0 Å². The molecule has 21 heavy (non-hydrogen) atoms. The minimum atomic E-state index is -5.02. The first-order valence-corrected chi connectivity index (χ1v) is 8.31. The fraction of sp³-hybridized carbons (Fsp3) is 0.667. The molecule has 120 valence electrons. The highest BCUT2D eigenvalue weighted by atomic mass is 28.3. The molecule has 0 aromatic carbocycles. The van der Waals surface area contributed by atoms with Crippen LogP contribution in [-0.2, 0) is 19.2 Å². The van der Waals surface area contributed by atoms with E-state index in [4.69, 9.17) is 0 Å². The molecule has 0 aliphatic heterocycles. The summed E-state index contributed by atoms with van der Waals surface area (Å²) >= 11 is 0. The second-order valence-electron chi connectivity index (χ2n) is 4.91. The van der Waals surface area contributed by atoms with Gasteiger partial charge in [-0.2, -0.15) is 0 Å². The molecule has 9 heteroatoms. The Morgan fingerprint density at radius 3 is 0.810 bits per heavy atom. The summed E-state index contributed by atoms with van der Waals surface area (Å²) < 4.78 is 0. The van der Waals surface area contributed by atoms with Crippen LogP contribution >= 0.6 is 0 Å². The lowest BCUT2D eigenvalue weighted by Gasteiger charge is -2.29. The maximum atomic E-state index is 12.2. The van der Waals surface area contributed by atoms with Gasteiger partial charge in [0.15, 0.2) is 21.6 Å². The molecule has 0 aromatic rings. The first-order valence-electron chi connectivity index (χ1n) is 6.31. The van der Waals surface area contributed by atoms with E-state index in [0.29, 0.717) is 0 Å². The van der Waals surface area contributed by atoms with Gasteiger partial charge in [0, 0.05) is 0 Å². The van der Waals surface area contributed by atoms with Crippen molar-refractivity contribution in [2.75, 3.05) is 0 Å². The Hall–Kier alpha value is -1.26. The Morgan fingerprint density at radius 2 is 0.714 bits per heavy atom. The number of rotatable bonds is 8. The van der Waals surface area contributed by atoms with Crippen molar-refractivity contribution in [3.63, 3.8) is 0 Å². The van der Waals surface area contributed by atoms with Crippen LogP contribution in [0.2, 0.25) is 0 Å². The number of carbonyl (C=O) groups excluding carboxylic acids is 4. The van der Waals surface area contributed by atoms with Gasteiger partial charge in [0.1, 0.15) is 24.4 Å². The van der Waals surface area contributed by atoms with Crippen molar-refractivity contribution in [3.8, 4) is 0 Å². The standard InChI is InChI=1S/C12H20O8Si/c1-5(13)9(17)21(10(18)6(2)14,11(19)7(3)15)12(20)8(4)16/h5-8,13-16H,1-4H3. The summed E-state index contributed by atoms with van der Waals surface area (Å²) in [6.45, 7) is 3.85. The Balaban J connectivity index is 6.50. The summed E-state index contributed by atoms with van der Waals surface area (Å²) in [6.07, 6.45) is -7.32. The zero-order valence-corrected chi connectivity index (χ0v) is 13.2. The van der Waals surface area contributed by atoms with Crippen molar-refractivity contribution >= 4 is 29.7 Å². The summed E-state index contributed by atoms with van der Waals surface area (Å²) in [7, 11) is -5.02. The van der Waals surface area contributed by atoms with Crippen molar-refractivity contribution in [1.82, 2.24) is 0 Å². The smallest absolute Gasteiger partial charge is 0.361 e. The summed E-state index contributed by atoms with van der Waals surface area (Å²) in [6, 6.07) is 0. The van der Waals surface area contributed by atoms with Crippen LogP contribution in [0.5, 0.6) is 0 Å². The normalized spacial score (nSPS) is 19.8. The minimum Gasteiger partial charge on any atom is -0.386 e. The van der Waals surface area contributed by atoms with Crippen molar-refractivity contribution in [1.29, 1.82) is 0 Å². The molecule has 8 nitrogen and oxygen atoms in total. The highest BCUT2D eigenvalue weighted by Crippen LogP contribution is 2.19. The number of carbonyl (C=O) groups is 4. The van der Waals surface area contributed by atoms with Gasteiger partial charge in [-0.05, 0) is 27.7 Å². The molecule has 4 unspecified atom stereocenters. The summed E-state index contributed by atoms with van der Waals surface area (Å²) in [5.74, 6) is 0. The maximum Gasteiger partial charge on any atom is 0.361 e. The first-order chi connectivity index (χ1) is 9.42. The molecular formula is C12H20O8Si. The largest absolute Gasteiger partial charge is 0.386 e. The lowest BCUT2D eigenvalue weighted by molar-refractivity contribution is -0.131. The fourth-order valence-electron chi connectivity index (χ4n) is 1.98. The highest BCUT2D eigenvalue weighted by molar-refractivity contribution is 7.54. The SMILES string of the molecule is CC(O)C(=O)[Si](C(=O)C(C)O)(C(=O)C(C)O)C(=O)C(C)O. The number of hydrogen-bond acceptors (Lipinski definition) is 8.